The molecule has 1 aromatic rings. The number of fused-ring (bicyclic) bond motifs is 1. The number of rotatable bonds is 10. The van der Waals surface area contributed by atoms with Crippen molar-refractivity contribution >= 4 is 32.6 Å². The first kappa shape index (κ1) is 21.8. The van der Waals surface area contributed by atoms with Crippen LogP contribution in [0.25, 0.3) is 0 Å². The van der Waals surface area contributed by atoms with Crippen LogP contribution < -0.4 is 2.89 Å². The van der Waals surface area contributed by atoms with Crippen LogP contribution >= 0.6 is 11.3 Å². The van der Waals surface area contributed by atoms with Crippen LogP contribution in [0.1, 0.15) is 96.1 Å². The van der Waals surface area contributed by atoms with Gasteiger partial charge in [-0.05, 0) is 0 Å². The molecule has 0 fully saturated rings. The standard InChI is InChI=1S/C10H13OS.3C4H9.Sn/c1-10(2)5-8(11)7-3-4-12-9(7)6-10;3*1-3-4-2;/h3,8,11H,5-6H2,1-2H3;3*1,3-4H2,2H3;. The minimum absolute atomic E-state index is 0.226. The van der Waals surface area contributed by atoms with E-state index < -0.39 is 18.4 Å². The van der Waals surface area contributed by atoms with E-state index in [1.165, 1.54) is 68.7 Å². The van der Waals surface area contributed by atoms with Gasteiger partial charge in [0.05, 0.1) is 0 Å². The SMILES string of the molecule is CCC[CH2][Sn]([CH2]CCC)([CH2]CCC)[c]1cc2c(s1)CC(C)(C)CC2O. The van der Waals surface area contributed by atoms with Crippen LogP contribution in [0, 0.1) is 5.41 Å². The van der Waals surface area contributed by atoms with Crippen LogP contribution in [0.5, 0.6) is 0 Å². The number of hydrogen-bond donors (Lipinski definition) is 1. The molecule has 0 radical (unpaired) electrons. The van der Waals surface area contributed by atoms with Crippen molar-refractivity contribution < 1.29 is 5.11 Å². The Morgan fingerprint density at radius 3 is 2.04 bits per heavy atom. The van der Waals surface area contributed by atoms with Crippen LogP contribution in [0.15, 0.2) is 6.07 Å². The fraction of sp³-hybridized carbons (Fsp3) is 0.818. The number of aliphatic hydroxyl groups excluding tert-OH is 1. The minimum atomic E-state index is -2.33. The molecule has 2 rings (SSSR count). The number of aliphatic hydroxyl groups is 1. The third-order valence-electron chi connectivity index (χ3n) is 6.14. The van der Waals surface area contributed by atoms with Gasteiger partial charge in [-0.3, -0.25) is 0 Å². The van der Waals surface area contributed by atoms with Gasteiger partial charge in [-0.2, -0.15) is 0 Å². The molecule has 0 saturated heterocycles. The van der Waals surface area contributed by atoms with Gasteiger partial charge in [0, 0.05) is 0 Å². The van der Waals surface area contributed by atoms with Crippen molar-refractivity contribution in [2.24, 2.45) is 5.41 Å². The second kappa shape index (κ2) is 9.59. The second-order valence-corrected chi connectivity index (χ2v) is 24.4. The molecule has 1 heterocycles. The van der Waals surface area contributed by atoms with E-state index >= 15 is 0 Å². The number of unbranched alkanes of at least 4 members (excludes halogenated alkanes) is 3. The zero-order valence-corrected chi connectivity index (χ0v) is 21.0. The summed E-state index contributed by atoms with van der Waals surface area (Å²) in [4.78, 5) is 1.52. The first-order valence-electron chi connectivity index (χ1n) is 10.7. The van der Waals surface area contributed by atoms with Crippen molar-refractivity contribution in [1.29, 1.82) is 0 Å². The Balaban J connectivity index is 2.38. The van der Waals surface area contributed by atoms with Gasteiger partial charge in [0.15, 0.2) is 0 Å². The molecule has 1 N–H and O–H groups in total. The molecule has 0 spiro atoms. The molecular formula is C22H40OSSn. The van der Waals surface area contributed by atoms with E-state index in [0.717, 1.165) is 6.42 Å². The Morgan fingerprint density at radius 2 is 1.56 bits per heavy atom. The molecule has 1 nitrogen and oxygen atoms in total. The molecule has 0 bridgehead atoms. The van der Waals surface area contributed by atoms with Crippen LogP contribution in [0.4, 0.5) is 0 Å². The van der Waals surface area contributed by atoms with Crippen LogP contribution in [0.2, 0.25) is 13.3 Å². The van der Waals surface area contributed by atoms with Gasteiger partial charge in [0.1, 0.15) is 0 Å². The maximum absolute atomic E-state index is 10.7. The third-order valence-corrected chi connectivity index (χ3v) is 25.5. The Labute approximate surface area is 164 Å². The Kier molecular flexibility index (Phi) is 8.35. The Bertz CT molecular complexity index is 512. The third kappa shape index (κ3) is 5.48. The molecule has 0 saturated carbocycles. The summed E-state index contributed by atoms with van der Waals surface area (Å²) in [7, 11) is 0. The molecule has 0 aliphatic heterocycles. The summed E-state index contributed by atoms with van der Waals surface area (Å²) < 4.78 is 6.39. The Hall–Kier alpha value is 0.459. The summed E-state index contributed by atoms with van der Waals surface area (Å²) in [6.07, 6.45) is 10.1. The van der Waals surface area contributed by atoms with E-state index in [1.807, 2.05) is 0 Å². The van der Waals surface area contributed by atoms with E-state index in [0.29, 0.717) is 0 Å². The topological polar surface area (TPSA) is 20.2 Å². The molecule has 0 aromatic carbocycles. The quantitative estimate of drug-likeness (QED) is 0.372. The van der Waals surface area contributed by atoms with Gasteiger partial charge in [-0.1, -0.05) is 0 Å². The van der Waals surface area contributed by atoms with Gasteiger partial charge in [-0.25, -0.2) is 0 Å². The Morgan fingerprint density at radius 1 is 1.04 bits per heavy atom. The van der Waals surface area contributed by atoms with Crippen LogP contribution in [-0.2, 0) is 6.42 Å². The van der Waals surface area contributed by atoms with Gasteiger partial charge in [0.25, 0.3) is 0 Å². The second-order valence-electron chi connectivity index (χ2n) is 9.14. The van der Waals surface area contributed by atoms with E-state index in [4.69, 9.17) is 0 Å². The van der Waals surface area contributed by atoms with E-state index in [-0.39, 0.29) is 11.5 Å². The molecule has 1 aromatic heterocycles. The summed E-state index contributed by atoms with van der Waals surface area (Å²) in [6.45, 7) is 11.7. The molecular weight excluding hydrogens is 431 g/mol. The molecule has 25 heavy (non-hydrogen) atoms. The molecule has 1 aliphatic carbocycles. The summed E-state index contributed by atoms with van der Waals surface area (Å²) in [5, 5.41) is 10.7. The van der Waals surface area contributed by atoms with E-state index in [9.17, 15) is 5.11 Å². The van der Waals surface area contributed by atoms with Crippen molar-refractivity contribution in [3.05, 3.63) is 16.5 Å². The van der Waals surface area contributed by atoms with E-state index in [1.54, 1.807) is 2.89 Å². The fourth-order valence-corrected chi connectivity index (χ4v) is 25.4. The average Bonchev–Trinajstić information content (AvgIpc) is 2.98. The predicted molar refractivity (Wildman–Crippen MR) is 116 cm³/mol. The summed E-state index contributed by atoms with van der Waals surface area (Å²) in [5.41, 5.74) is 1.56. The zero-order chi connectivity index (χ0) is 18.5. The van der Waals surface area contributed by atoms with Crippen LogP contribution in [-0.4, -0.2) is 23.5 Å². The zero-order valence-electron chi connectivity index (χ0n) is 17.3. The molecule has 0 amide bonds. The maximum atomic E-state index is 10.7. The monoisotopic (exact) mass is 472 g/mol. The van der Waals surface area contributed by atoms with Gasteiger partial charge in [-0.15, -0.1) is 0 Å². The first-order valence-corrected chi connectivity index (χ1v) is 19.0. The average molecular weight is 471 g/mol. The molecule has 1 unspecified atom stereocenters. The van der Waals surface area contributed by atoms with Crippen molar-refractivity contribution in [3.63, 3.8) is 0 Å². The van der Waals surface area contributed by atoms with Crippen molar-refractivity contribution in [3.8, 4) is 0 Å². The summed E-state index contributed by atoms with van der Waals surface area (Å²) in [6, 6.07) is 2.51. The fourth-order valence-electron chi connectivity index (χ4n) is 4.55. The van der Waals surface area contributed by atoms with Crippen molar-refractivity contribution in [1.82, 2.24) is 0 Å². The van der Waals surface area contributed by atoms with Crippen molar-refractivity contribution in [2.45, 2.75) is 105 Å². The number of hydrogen-bond acceptors (Lipinski definition) is 2. The van der Waals surface area contributed by atoms with Gasteiger partial charge in [0.2, 0.25) is 0 Å². The molecule has 144 valence electrons. The number of thiophene rings is 1. The normalized spacial score (nSPS) is 19.8. The van der Waals surface area contributed by atoms with E-state index in [2.05, 4.69) is 52.0 Å². The first-order chi connectivity index (χ1) is 11.9. The van der Waals surface area contributed by atoms with Crippen LogP contribution in [0.3, 0.4) is 0 Å². The van der Waals surface area contributed by atoms with Gasteiger partial charge < -0.3 is 0 Å². The van der Waals surface area contributed by atoms with Gasteiger partial charge >= 0.3 is 165 Å². The molecule has 1 aliphatic rings. The molecule has 3 heteroatoms. The summed E-state index contributed by atoms with van der Waals surface area (Å²) in [5.74, 6) is 0. The summed E-state index contributed by atoms with van der Waals surface area (Å²) >= 11 is -0.193. The molecule has 1 atom stereocenters. The predicted octanol–water partition coefficient (Wildman–Crippen LogP) is 6.81. The van der Waals surface area contributed by atoms with Crippen molar-refractivity contribution in [2.75, 3.05) is 0 Å².